The molecule has 1 aromatic rings. The molecule has 0 amide bonds. The van der Waals surface area contributed by atoms with Crippen LogP contribution in [0.2, 0.25) is 5.02 Å². The van der Waals surface area contributed by atoms with E-state index in [1.54, 1.807) is 24.3 Å². The molecule has 0 heterocycles. The van der Waals surface area contributed by atoms with Crippen LogP contribution in [0.4, 0.5) is 0 Å². The second kappa shape index (κ2) is 11.0. The van der Waals surface area contributed by atoms with Gasteiger partial charge in [-0.05, 0) is 131 Å². The molecule has 0 radical (unpaired) electrons. The first-order chi connectivity index (χ1) is 15.1. The van der Waals surface area contributed by atoms with Crippen LogP contribution in [0, 0.1) is 35.5 Å². The van der Waals surface area contributed by atoms with Gasteiger partial charge >= 0.3 is 5.97 Å². The molecule has 3 heteroatoms. The summed E-state index contributed by atoms with van der Waals surface area (Å²) in [6.07, 6.45) is 20.3. The molecule has 0 saturated heterocycles. The third-order valence-corrected chi connectivity index (χ3v) is 8.80. The van der Waals surface area contributed by atoms with Crippen molar-refractivity contribution in [3.05, 3.63) is 41.4 Å². The summed E-state index contributed by atoms with van der Waals surface area (Å²) in [5.74, 6) is 5.28. The van der Waals surface area contributed by atoms with Gasteiger partial charge in [0.15, 0.2) is 0 Å². The van der Waals surface area contributed by atoms with Crippen molar-refractivity contribution in [2.24, 2.45) is 35.5 Å². The van der Waals surface area contributed by atoms with Crippen LogP contribution in [0.15, 0.2) is 36.4 Å². The van der Waals surface area contributed by atoms with E-state index in [-0.39, 0.29) is 11.9 Å². The van der Waals surface area contributed by atoms with Crippen LogP contribution in [0.5, 0.6) is 5.75 Å². The Hall–Kier alpha value is -1.28. The van der Waals surface area contributed by atoms with Crippen LogP contribution in [0.1, 0.15) is 84.0 Å². The van der Waals surface area contributed by atoms with Gasteiger partial charge in [0.2, 0.25) is 0 Å². The summed E-state index contributed by atoms with van der Waals surface area (Å²) in [5, 5.41) is 0.664. The molecule has 4 rings (SSSR count). The smallest absolute Gasteiger partial charge is 0.314 e. The molecule has 4 unspecified atom stereocenters. The Kier molecular flexibility index (Phi) is 8.15. The van der Waals surface area contributed by atoms with Crippen molar-refractivity contribution in [3.63, 3.8) is 0 Å². The van der Waals surface area contributed by atoms with Gasteiger partial charge < -0.3 is 4.74 Å². The molecule has 0 bridgehead atoms. The van der Waals surface area contributed by atoms with E-state index in [0.717, 1.165) is 42.4 Å². The van der Waals surface area contributed by atoms with E-state index in [0.29, 0.717) is 10.8 Å². The Balaban J connectivity index is 1.20. The Morgan fingerprint density at radius 1 is 0.903 bits per heavy atom. The molecule has 0 N–H and O–H groups in total. The summed E-state index contributed by atoms with van der Waals surface area (Å²) in [6, 6.07) is 7.10. The van der Waals surface area contributed by atoms with E-state index in [4.69, 9.17) is 16.3 Å². The van der Waals surface area contributed by atoms with Gasteiger partial charge in [0, 0.05) is 5.02 Å². The summed E-state index contributed by atoms with van der Waals surface area (Å²) in [7, 11) is 0. The van der Waals surface area contributed by atoms with Crippen molar-refractivity contribution in [1.29, 1.82) is 0 Å². The van der Waals surface area contributed by atoms with Crippen molar-refractivity contribution < 1.29 is 9.53 Å². The van der Waals surface area contributed by atoms with Crippen LogP contribution < -0.4 is 4.74 Å². The molecule has 3 aliphatic rings. The van der Waals surface area contributed by atoms with Gasteiger partial charge in [0.1, 0.15) is 5.75 Å². The highest BCUT2D eigenvalue weighted by molar-refractivity contribution is 6.30. The highest BCUT2D eigenvalue weighted by atomic mass is 35.5. The molecule has 3 saturated carbocycles. The fourth-order valence-electron chi connectivity index (χ4n) is 6.74. The standard InChI is InChI=1S/C28H39ClO2/c1-2-3-4-5-20-6-7-25-19-24(13-12-23(25)18-20)21-8-10-22(11-9-21)28(30)31-27-16-14-26(29)15-17-27/h2-3,14-17,20-25H,4-13,18-19H2,1H3/b3-2+. The van der Waals surface area contributed by atoms with Gasteiger partial charge in [0.25, 0.3) is 0 Å². The van der Waals surface area contributed by atoms with Gasteiger partial charge in [-0.3, -0.25) is 4.79 Å². The quantitative estimate of drug-likeness (QED) is 0.252. The molecule has 170 valence electrons. The van der Waals surface area contributed by atoms with Crippen LogP contribution in [0.3, 0.4) is 0 Å². The number of ether oxygens (including phenoxy) is 1. The minimum Gasteiger partial charge on any atom is -0.426 e. The normalized spacial score (nSPS) is 33.7. The van der Waals surface area contributed by atoms with Gasteiger partial charge in [-0.1, -0.05) is 30.2 Å². The number of benzene rings is 1. The summed E-state index contributed by atoms with van der Waals surface area (Å²) < 4.78 is 5.60. The maximum absolute atomic E-state index is 12.6. The zero-order valence-corrected chi connectivity index (χ0v) is 19.9. The first-order valence-electron chi connectivity index (χ1n) is 12.7. The SMILES string of the molecule is C/C=C/CCC1CCC2CC(C3CCC(C(=O)Oc4ccc(Cl)cc4)CC3)CCC2C1. The lowest BCUT2D eigenvalue weighted by Crippen LogP contribution is -2.35. The Bertz CT molecular complexity index is 732. The molecule has 0 aromatic heterocycles. The summed E-state index contributed by atoms with van der Waals surface area (Å²) in [6.45, 7) is 2.13. The number of hydrogen-bond donors (Lipinski definition) is 0. The maximum Gasteiger partial charge on any atom is 0.314 e. The van der Waals surface area contributed by atoms with E-state index >= 15 is 0 Å². The van der Waals surface area contributed by atoms with E-state index in [2.05, 4.69) is 19.1 Å². The monoisotopic (exact) mass is 442 g/mol. The zero-order valence-electron chi connectivity index (χ0n) is 19.1. The molecule has 31 heavy (non-hydrogen) atoms. The highest BCUT2D eigenvalue weighted by Gasteiger charge is 2.39. The van der Waals surface area contributed by atoms with Gasteiger partial charge in [-0.15, -0.1) is 0 Å². The summed E-state index contributed by atoms with van der Waals surface area (Å²) in [5.41, 5.74) is 0. The van der Waals surface area contributed by atoms with E-state index in [9.17, 15) is 4.79 Å². The number of carbonyl (C=O) groups is 1. The fourth-order valence-corrected chi connectivity index (χ4v) is 6.87. The van der Waals surface area contributed by atoms with Crippen molar-refractivity contribution in [2.45, 2.75) is 84.0 Å². The lowest BCUT2D eigenvalue weighted by atomic mass is 9.60. The highest BCUT2D eigenvalue weighted by Crippen LogP contribution is 2.49. The third-order valence-electron chi connectivity index (χ3n) is 8.54. The summed E-state index contributed by atoms with van der Waals surface area (Å²) in [4.78, 5) is 12.6. The predicted octanol–water partition coefficient (Wildman–Crippen LogP) is 8.24. The van der Waals surface area contributed by atoms with E-state index < -0.39 is 0 Å². The molecule has 1 aromatic carbocycles. The van der Waals surface area contributed by atoms with Gasteiger partial charge in [-0.25, -0.2) is 0 Å². The summed E-state index contributed by atoms with van der Waals surface area (Å²) >= 11 is 5.92. The minimum absolute atomic E-state index is 0.0549. The number of hydrogen-bond acceptors (Lipinski definition) is 2. The Morgan fingerprint density at radius 2 is 1.52 bits per heavy atom. The average Bonchev–Trinajstić information content (AvgIpc) is 2.80. The van der Waals surface area contributed by atoms with Crippen LogP contribution in [-0.4, -0.2) is 5.97 Å². The lowest BCUT2D eigenvalue weighted by molar-refractivity contribution is -0.140. The van der Waals surface area contributed by atoms with E-state index in [1.165, 1.54) is 64.2 Å². The first-order valence-corrected chi connectivity index (χ1v) is 13.1. The fraction of sp³-hybridized carbons (Fsp3) is 0.679. The van der Waals surface area contributed by atoms with Crippen molar-refractivity contribution in [2.75, 3.05) is 0 Å². The molecular weight excluding hydrogens is 404 g/mol. The number of halogens is 1. The molecule has 2 nitrogen and oxygen atoms in total. The third kappa shape index (κ3) is 6.15. The maximum atomic E-state index is 12.6. The molecule has 3 fully saturated rings. The van der Waals surface area contributed by atoms with Crippen molar-refractivity contribution >= 4 is 17.6 Å². The second-order valence-electron chi connectivity index (χ2n) is 10.4. The second-order valence-corrected chi connectivity index (χ2v) is 10.8. The van der Waals surface area contributed by atoms with Crippen LogP contribution in [-0.2, 0) is 4.79 Å². The topological polar surface area (TPSA) is 26.3 Å². The largest absolute Gasteiger partial charge is 0.426 e. The number of rotatable bonds is 6. The van der Waals surface area contributed by atoms with Crippen LogP contribution in [0.25, 0.3) is 0 Å². The lowest BCUT2D eigenvalue weighted by Gasteiger charge is -2.45. The zero-order chi connectivity index (χ0) is 21.6. The van der Waals surface area contributed by atoms with Gasteiger partial charge in [0.05, 0.1) is 5.92 Å². The molecule has 4 atom stereocenters. The van der Waals surface area contributed by atoms with Crippen molar-refractivity contribution in [3.8, 4) is 5.75 Å². The first kappa shape index (κ1) is 22.9. The Labute approximate surface area is 193 Å². The Morgan fingerprint density at radius 3 is 2.23 bits per heavy atom. The molecule has 0 aliphatic heterocycles. The molecule has 3 aliphatic carbocycles. The molecule has 0 spiro atoms. The van der Waals surface area contributed by atoms with Crippen LogP contribution >= 0.6 is 11.6 Å². The van der Waals surface area contributed by atoms with Gasteiger partial charge in [-0.2, -0.15) is 0 Å². The number of esters is 1. The van der Waals surface area contributed by atoms with E-state index in [1.807, 2.05) is 0 Å². The minimum atomic E-state index is -0.0549. The van der Waals surface area contributed by atoms with Crippen molar-refractivity contribution in [1.82, 2.24) is 0 Å². The number of carbonyl (C=O) groups excluding carboxylic acids is 1. The average molecular weight is 443 g/mol. The predicted molar refractivity (Wildman–Crippen MR) is 128 cm³/mol. The molecular formula is C28H39ClO2. The number of allylic oxidation sites excluding steroid dienone is 2. The number of fused-ring (bicyclic) bond motifs is 1.